The van der Waals surface area contributed by atoms with E-state index in [0.29, 0.717) is 41.6 Å². The number of anilines is 3. The van der Waals surface area contributed by atoms with E-state index in [4.69, 9.17) is 9.47 Å². The molecule has 2 aromatic heterocycles. The van der Waals surface area contributed by atoms with Crippen LogP contribution in [0.1, 0.15) is 0 Å². The molecule has 0 spiro atoms. The quantitative estimate of drug-likeness (QED) is 0.272. The standard InChI is InChI=1S/C23H22N6O3/c1-3-20(30)25-17-6-4-5-15(13-17)21-22-19(28-29-21)14-24-23(27-22)26-16-7-9-18(10-8-16)32-12-11-31-2/h3-10,13-14H,1,11-12H2,2H3,(H,25,30)(H,28,29)(H,24,26,27). The van der Waals surface area contributed by atoms with Crippen LogP contribution in [0.2, 0.25) is 0 Å². The number of fused-ring (bicyclic) bond motifs is 1. The average molecular weight is 430 g/mol. The van der Waals surface area contributed by atoms with Crippen molar-refractivity contribution >= 4 is 34.3 Å². The van der Waals surface area contributed by atoms with Gasteiger partial charge in [-0.25, -0.2) is 9.97 Å². The SMILES string of the molecule is C=CC(=O)Nc1cccc(-c2n[nH]c3cnc(Nc4ccc(OCCOC)cc4)nc23)c1. The minimum atomic E-state index is -0.280. The van der Waals surface area contributed by atoms with Crippen LogP contribution in [0.5, 0.6) is 5.75 Å². The van der Waals surface area contributed by atoms with Crippen molar-refractivity contribution in [1.29, 1.82) is 0 Å². The van der Waals surface area contributed by atoms with E-state index >= 15 is 0 Å². The van der Waals surface area contributed by atoms with Crippen LogP contribution in [-0.2, 0) is 9.53 Å². The highest BCUT2D eigenvalue weighted by atomic mass is 16.5. The number of H-pyrrole nitrogens is 1. The van der Waals surface area contributed by atoms with Crippen molar-refractivity contribution in [3.8, 4) is 17.0 Å². The smallest absolute Gasteiger partial charge is 0.247 e. The summed E-state index contributed by atoms with van der Waals surface area (Å²) in [6.07, 6.45) is 2.90. The monoisotopic (exact) mass is 430 g/mol. The molecule has 4 rings (SSSR count). The van der Waals surface area contributed by atoms with Crippen molar-refractivity contribution < 1.29 is 14.3 Å². The van der Waals surface area contributed by atoms with Crippen LogP contribution < -0.4 is 15.4 Å². The summed E-state index contributed by atoms with van der Waals surface area (Å²) in [5.41, 5.74) is 4.29. The first-order valence-electron chi connectivity index (χ1n) is 9.90. The van der Waals surface area contributed by atoms with E-state index in [1.165, 1.54) is 6.08 Å². The Morgan fingerprint density at radius 2 is 2.00 bits per heavy atom. The van der Waals surface area contributed by atoms with Gasteiger partial charge in [-0.15, -0.1) is 0 Å². The van der Waals surface area contributed by atoms with Crippen LogP contribution in [0.25, 0.3) is 22.3 Å². The number of amides is 1. The molecule has 0 saturated heterocycles. The minimum absolute atomic E-state index is 0.280. The van der Waals surface area contributed by atoms with E-state index in [0.717, 1.165) is 17.0 Å². The zero-order valence-electron chi connectivity index (χ0n) is 17.5. The molecular weight excluding hydrogens is 408 g/mol. The van der Waals surface area contributed by atoms with Gasteiger partial charge in [-0.1, -0.05) is 18.7 Å². The Bertz CT molecular complexity index is 1240. The van der Waals surface area contributed by atoms with E-state index in [1.54, 1.807) is 19.4 Å². The molecule has 32 heavy (non-hydrogen) atoms. The summed E-state index contributed by atoms with van der Waals surface area (Å²) in [6.45, 7) is 4.49. The molecule has 1 amide bonds. The number of rotatable bonds is 9. The van der Waals surface area contributed by atoms with E-state index in [1.807, 2.05) is 42.5 Å². The topological polar surface area (TPSA) is 114 Å². The molecule has 9 nitrogen and oxygen atoms in total. The lowest BCUT2D eigenvalue weighted by molar-refractivity contribution is -0.111. The van der Waals surface area contributed by atoms with Gasteiger partial charge in [0.15, 0.2) is 0 Å². The van der Waals surface area contributed by atoms with E-state index < -0.39 is 0 Å². The van der Waals surface area contributed by atoms with Gasteiger partial charge in [-0.2, -0.15) is 5.10 Å². The van der Waals surface area contributed by atoms with Gasteiger partial charge in [0.25, 0.3) is 0 Å². The Balaban J connectivity index is 1.55. The minimum Gasteiger partial charge on any atom is -0.491 e. The van der Waals surface area contributed by atoms with E-state index in [9.17, 15) is 4.79 Å². The zero-order chi connectivity index (χ0) is 22.3. The summed E-state index contributed by atoms with van der Waals surface area (Å²) in [5.74, 6) is 0.909. The molecule has 0 aliphatic heterocycles. The maximum absolute atomic E-state index is 11.6. The first-order chi connectivity index (χ1) is 15.7. The Hall–Kier alpha value is -4.24. The Kier molecular flexibility index (Phi) is 6.38. The number of carbonyl (C=O) groups excluding carboxylic acids is 1. The number of carbonyl (C=O) groups is 1. The Morgan fingerprint density at radius 3 is 2.78 bits per heavy atom. The first kappa shape index (κ1) is 21.0. The summed E-state index contributed by atoms with van der Waals surface area (Å²) < 4.78 is 10.6. The highest BCUT2D eigenvalue weighted by Gasteiger charge is 2.12. The molecule has 0 saturated carbocycles. The molecule has 2 heterocycles. The second kappa shape index (κ2) is 9.71. The van der Waals surface area contributed by atoms with Crippen LogP contribution in [0.15, 0.2) is 67.4 Å². The van der Waals surface area contributed by atoms with Gasteiger partial charge in [-0.3, -0.25) is 9.89 Å². The fraction of sp³-hybridized carbons (Fsp3) is 0.130. The third-order valence-corrected chi connectivity index (χ3v) is 4.56. The third kappa shape index (κ3) is 4.90. The van der Waals surface area contributed by atoms with Crippen LogP contribution in [0.4, 0.5) is 17.3 Å². The van der Waals surface area contributed by atoms with Gasteiger partial charge in [0.05, 0.1) is 12.8 Å². The fourth-order valence-electron chi connectivity index (χ4n) is 3.02. The molecular formula is C23H22N6O3. The van der Waals surface area contributed by atoms with Gasteiger partial charge < -0.3 is 20.1 Å². The number of nitrogens with zero attached hydrogens (tertiary/aromatic N) is 3. The normalized spacial score (nSPS) is 10.7. The number of nitrogens with one attached hydrogen (secondary N) is 3. The van der Waals surface area contributed by atoms with Gasteiger partial charge in [0.1, 0.15) is 29.1 Å². The first-order valence-corrected chi connectivity index (χ1v) is 9.90. The summed E-state index contributed by atoms with van der Waals surface area (Å²) in [6, 6.07) is 14.9. The van der Waals surface area contributed by atoms with Gasteiger partial charge in [0.2, 0.25) is 11.9 Å². The van der Waals surface area contributed by atoms with Crippen LogP contribution >= 0.6 is 0 Å². The molecule has 3 N–H and O–H groups in total. The van der Waals surface area contributed by atoms with Crippen molar-refractivity contribution in [3.63, 3.8) is 0 Å². The Morgan fingerprint density at radius 1 is 1.16 bits per heavy atom. The van der Waals surface area contributed by atoms with Crippen LogP contribution in [0, 0.1) is 0 Å². The average Bonchev–Trinajstić information content (AvgIpc) is 3.24. The van der Waals surface area contributed by atoms with Crippen LogP contribution in [0.3, 0.4) is 0 Å². The second-order valence-corrected chi connectivity index (χ2v) is 6.79. The molecule has 4 aromatic rings. The molecule has 0 aliphatic carbocycles. The number of methoxy groups -OCH3 is 1. The summed E-state index contributed by atoms with van der Waals surface area (Å²) >= 11 is 0. The lowest BCUT2D eigenvalue weighted by Crippen LogP contribution is -2.07. The van der Waals surface area contributed by atoms with Crippen molar-refractivity contribution in [2.75, 3.05) is 31.0 Å². The number of hydrogen-bond acceptors (Lipinski definition) is 7. The zero-order valence-corrected chi connectivity index (χ0v) is 17.5. The molecule has 9 heteroatoms. The molecule has 0 aliphatic rings. The number of aromatic nitrogens is 4. The molecule has 0 unspecified atom stereocenters. The van der Waals surface area contributed by atoms with Crippen molar-refractivity contribution in [3.05, 3.63) is 67.4 Å². The van der Waals surface area contributed by atoms with Gasteiger partial charge in [0, 0.05) is 24.0 Å². The van der Waals surface area contributed by atoms with Gasteiger partial charge >= 0.3 is 0 Å². The van der Waals surface area contributed by atoms with Crippen LogP contribution in [-0.4, -0.2) is 46.4 Å². The highest BCUT2D eigenvalue weighted by Crippen LogP contribution is 2.28. The highest BCUT2D eigenvalue weighted by molar-refractivity contribution is 5.99. The van der Waals surface area contributed by atoms with E-state index in [-0.39, 0.29) is 5.91 Å². The van der Waals surface area contributed by atoms with Crippen molar-refractivity contribution in [2.24, 2.45) is 0 Å². The number of hydrogen-bond donors (Lipinski definition) is 3. The Labute approximate surface area is 184 Å². The number of ether oxygens (including phenoxy) is 2. The van der Waals surface area contributed by atoms with Crippen molar-refractivity contribution in [2.45, 2.75) is 0 Å². The molecule has 0 fully saturated rings. The summed E-state index contributed by atoms with van der Waals surface area (Å²) in [7, 11) is 1.64. The maximum atomic E-state index is 11.6. The largest absolute Gasteiger partial charge is 0.491 e. The summed E-state index contributed by atoms with van der Waals surface area (Å²) in [4.78, 5) is 20.6. The molecule has 162 valence electrons. The predicted molar refractivity (Wildman–Crippen MR) is 123 cm³/mol. The predicted octanol–water partition coefficient (Wildman–Crippen LogP) is 3.91. The van der Waals surface area contributed by atoms with Gasteiger partial charge in [-0.05, 0) is 42.5 Å². The molecule has 0 bridgehead atoms. The summed E-state index contributed by atoms with van der Waals surface area (Å²) in [5, 5.41) is 13.3. The second-order valence-electron chi connectivity index (χ2n) is 6.79. The lowest BCUT2D eigenvalue weighted by Gasteiger charge is -2.08. The fourth-order valence-corrected chi connectivity index (χ4v) is 3.02. The number of benzene rings is 2. The number of aromatic amines is 1. The molecule has 0 radical (unpaired) electrons. The third-order valence-electron chi connectivity index (χ3n) is 4.56. The lowest BCUT2D eigenvalue weighted by atomic mass is 10.1. The van der Waals surface area contributed by atoms with E-state index in [2.05, 4.69) is 37.4 Å². The molecule has 0 atom stereocenters. The molecule has 2 aromatic carbocycles. The van der Waals surface area contributed by atoms with Crippen molar-refractivity contribution in [1.82, 2.24) is 20.2 Å². The maximum Gasteiger partial charge on any atom is 0.247 e.